The summed E-state index contributed by atoms with van der Waals surface area (Å²) in [5.74, 6) is -2.04. The lowest BCUT2D eigenvalue weighted by atomic mass is 10.3. The molecule has 0 aliphatic rings. The standard InChI is InChI=1S/C26H30O10S/c1-7-21(27)35-17-13-15-19(25(33-11-5)23(17)31-9-3)37(29,30)20-16-14-18(36-22(28)8-2)24(32-10-4)26(20)34-12-6/h7-8,13-16H,1-2,9-12H2,3-6H3. The molecule has 10 nitrogen and oxygen atoms in total. The van der Waals surface area contributed by atoms with Crippen molar-refractivity contribution in [3.63, 3.8) is 0 Å². The molecule has 0 radical (unpaired) electrons. The summed E-state index contributed by atoms with van der Waals surface area (Å²) in [5.41, 5.74) is 0. The second-order valence-electron chi connectivity index (χ2n) is 6.93. The number of hydrogen-bond acceptors (Lipinski definition) is 10. The van der Waals surface area contributed by atoms with E-state index in [1.165, 1.54) is 24.3 Å². The van der Waals surface area contributed by atoms with Crippen LogP contribution in [0.1, 0.15) is 27.7 Å². The van der Waals surface area contributed by atoms with Crippen molar-refractivity contribution in [2.24, 2.45) is 0 Å². The number of benzene rings is 2. The number of esters is 2. The molecule has 0 amide bonds. The monoisotopic (exact) mass is 534 g/mol. The average molecular weight is 535 g/mol. The van der Waals surface area contributed by atoms with E-state index < -0.39 is 21.8 Å². The van der Waals surface area contributed by atoms with Gasteiger partial charge >= 0.3 is 11.9 Å². The van der Waals surface area contributed by atoms with E-state index in [0.717, 1.165) is 12.2 Å². The maximum absolute atomic E-state index is 14.0. The van der Waals surface area contributed by atoms with E-state index in [1.807, 2.05) is 0 Å². The van der Waals surface area contributed by atoms with Crippen LogP contribution in [0.3, 0.4) is 0 Å². The Morgan fingerprint density at radius 1 is 0.649 bits per heavy atom. The predicted octanol–water partition coefficient (Wildman–Crippen LogP) is 4.30. The Morgan fingerprint density at radius 2 is 0.973 bits per heavy atom. The molecule has 0 heterocycles. The average Bonchev–Trinajstić information content (AvgIpc) is 2.87. The van der Waals surface area contributed by atoms with Crippen molar-refractivity contribution in [3.05, 3.63) is 49.6 Å². The molecule has 0 saturated carbocycles. The van der Waals surface area contributed by atoms with Crippen molar-refractivity contribution in [2.75, 3.05) is 26.4 Å². The van der Waals surface area contributed by atoms with Crippen LogP contribution in [0.25, 0.3) is 0 Å². The summed E-state index contributed by atoms with van der Waals surface area (Å²) in [5, 5.41) is 0. The van der Waals surface area contributed by atoms with Gasteiger partial charge in [0.15, 0.2) is 23.0 Å². The van der Waals surface area contributed by atoms with E-state index in [1.54, 1.807) is 27.7 Å². The minimum absolute atomic E-state index is 0.0409. The van der Waals surface area contributed by atoms with Crippen molar-refractivity contribution >= 4 is 21.8 Å². The maximum Gasteiger partial charge on any atom is 0.335 e. The van der Waals surface area contributed by atoms with Gasteiger partial charge in [-0.15, -0.1) is 0 Å². The second kappa shape index (κ2) is 13.4. The molecular weight excluding hydrogens is 504 g/mol. The minimum Gasteiger partial charge on any atom is -0.489 e. The van der Waals surface area contributed by atoms with E-state index in [9.17, 15) is 18.0 Å². The topological polar surface area (TPSA) is 124 Å². The normalized spacial score (nSPS) is 10.7. The molecule has 0 spiro atoms. The van der Waals surface area contributed by atoms with Crippen molar-refractivity contribution in [1.82, 2.24) is 0 Å². The highest BCUT2D eigenvalue weighted by Crippen LogP contribution is 2.48. The first kappa shape index (κ1) is 29.2. The van der Waals surface area contributed by atoms with Crippen LogP contribution in [0.5, 0.6) is 34.5 Å². The molecule has 2 aromatic rings. The zero-order chi connectivity index (χ0) is 27.6. The first-order valence-corrected chi connectivity index (χ1v) is 13.0. The Morgan fingerprint density at radius 3 is 1.27 bits per heavy atom. The molecule has 0 atom stereocenters. The molecule has 0 aromatic heterocycles. The second-order valence-corrected chi connectivity index (χ2v) is 8.81. The number of carbonyl (C=O) groups excluding carboxylic acids is 2. The van der Waals surface area contributed by atoms with Gasteiger partial charge in [0.1, 0.15) is 9.79 Å². The summed E-state index contributed by atoms with van der Waals surface area (Å²) in [4.78, 5) is 23.1. The lowest BCUT2D eigenvalue weighted by molar-refractivity contribution is -0.130. The molecule has 0 aliphatic heterocycles. The van der Waals surface area contributed by atoms with Crippen molar-refractivity contribution in [3.8, 4) is 34.5 Å². The third-order valence-electron chi connectivity index (χ3n) is 4.57. The third-order valence-corrected chi connectivity index (χ3v) is 6.37. The van der Waals surface area contributed by atoms with Crippen LogP contribution in [-0.4, -0.2) is 46.8 Å². The molecule has 0 unspecified atom stereocenters. The van der Waals surface area contributed by atoms with E-state index in [-0.39, 0.29) is 70.7 Å². The Labute approximate surface area is 216 Å². The molecule has 2 aromatic carbocycles. The van der Waals surface area contributed by atoms with E-state index in [2.05, 4.69) is 13.2 Å². The van der Waals surface area contributed by atoms with Gasteiger partial charge in [0.25, 0.3) is 0 Å². The van der Waals surface area contributed by atoms with Crippen molar-refractivity contribution in [1.29, 1.82) is 0 Å². The molecule has 0 N–H and O–H groups in total. The van der Waals surface area contributed by atoms with Gasteiger partial charge in [0, 0.05) is 12.2 Å². The number of ether oxygens (including phenoxy) is 6. The van der Waals surface area contributed by atoms with Crippen LogP contribution in [0.4, 0.5) is 0 Å². The molecule has 200 valence electrons. The molecule has 0 saturated heterocycles. The summed E-state index contributed by atoms with van der Waals surface area (Å²) >= 11 is 0. The molecular formula is C26H30O10S. The molecule has 0 aliphatic carbocycles. The Hall–Kier alpha value is -3.99. The van der Waals surface area contributed by atoms with Crippen LogP contribution in [-0.2, 0) is 19.4 Å². The summed E-state index contributed by atoms with van der Waals surface area (Å²) in [6.45, 7) is 13.8. The van der Waals surface area contributed by atoms with Gasteiger partial charge in [-0.25, -0.2) is 18.0 Å². The van der Waals surface area contributed by atoms with Crippen LogP contribution in [0.15, 0.2) is 59.4 Å². The molecule has 0 fully saturated rings. The summed E-state index contributed by atoms with van der Waals surface area (Å²) in [7, 11) is -4.36. The Kier molecular flexibility index (Phi) is 10.6. The van der Waals surface area contributed by atoms with Gasteiger partial charge in [-0.3, -0.25) is 0 Å². The first-order chi connectivity index (χ1) is 17.7. The quantitative estimate of drug-likeness (QED) is 0.197. The van der Waals surface area contributed by atoms with Crippen LogP contribution in [0, 0.1) is 0 Å². The van der Waals surface area contributed by atoms with Gasteiger partial charge in [-0.2, -0.15) is 0 Å². The number of rotatable bonds is 14. The number of carbonyl (C=O) groups is 2. The lowest BCUT2D eigenvalue weighted by Crippen LogP contribution is -2.13. The lowest BCUT2D eigenvalue weighted by Gasteiger charge is -2.20. The van der Waals surface area contributed by atoms with Crippen LogP contribution >= 0.6 is 0 Å². The van der Waals surface area contributed by atoms with Gasteiger partial charge < -0.3 is 28.4 Å². The molecule has 11 heteroatoms. The zero-order valence-electron chi connectivity index (χ0n) is 21.2. The largest absolute Gasteiger partial charge is 0.489 e. The Bertz CT molecular complexity index is 1170. The van der Waals surface area contributed by atoms with Gasteiger partial charge in [0.05, 0.1) is 26.4 Å². The SMILES string of the molecule is C=CC(=O)Oc1ccc(S(=O)(=O)c2ccc(OC(=O)C=C)c(OCC)c2OCC)c(OCC)c1OCC. The van der Waals surface area contributed by atoms with Gasteiger partial charge in [-0.05, 0) is 52.0 Å². The van der Waals surface area contributed by atoms with Gasteiger partial charge in [0.2, 0.25) is 21.3 Å². The zero-order valence-corrected chi connectivity index (χ0v) is 22.0. The molecule has 0 bridgehead atoms. The van der Waals surface area contributed by atoms with E-state index in [4.69, 9.17) is 28.4 Å². The third kappa shape index (κ3) is 6.62. The highest BCUT2D eigenvalue weighted by Gasteiger charge is 2.33. The predicted molar refractivity (Wildman–Crippen MR) is 135 cm³/mol. The number of hydrogen-bond donors (Lipinski definition) is 0. The summed E-state index contributed by atoms with van der Waals surface area (Å²) in [6, 6.07) is 5.03. The summed E-state index contributed by atoms with van der Waals surface area (Å²) < 4.78 is 61.1. The maximum atomic E-state index is 14.0. The number of sulfone groups is 1. The van der Waals surface area contributed by atoms with E-state index in [0.29, 0.717) is 0 Å². The van der Waals surface area contributed by atoms with Crippen LogP contribution in [0.2, 0.25) is 0 Å². The fourth-order valence-corrected chi connectivity index (χ4v) is 4.70. The molecule has 37 heavy (non-hydrogen) atoms. The fraction of sp³-hybridized carbons (Fsp3) is 0.308. The Balaban J connectivity index is 2.85. The highest BCUT2D eigenvalue weighted by atomic mass is 32.2. The van der Waals surface area contributed by atoms with Crippen molar-refractivity contribution in [2.45, 2.75) is 37.5 Å². The van der Waals surface area contributed by atoms with Crippen molar-refractivity contribution < 1.29 is 46.4 Å². The summed E-state index contributed by atoms with van der Waals surface area (Å²) in [6.07, 6.45) is 1.93. The highest BCUT2D eigenvalue weighted by molar-refractivity contribution is 7.91. The van der Waals surface area contributed by atoms with E-state index >= 15 is 0 Å². The molecule has 2 rings (SSSR count). The smallest absolute Gasteiger partial charge is 0.335 e. The van der Waals surface area contributed by atoms with Gasteiger partial charge in [-0.1, -0.05) is 13.2 Å². The fourth-order valence-electron chi connectivity index (χ4n) is 3.18. The first-order valence-electron chi connectivity index (χ1n) is 11.5. The van der Waals surface area contributed by atoms with Crippen LogP contribution < -0.4 is 28.4 Å². The minimum atomic E-state index is -4.36.